The third-order valence-corrected chi connectivity index (χ3v) is 1.82. The van der Waals surface area contributed by atoms with Crippen molar-refractivity contribution < 1.29 is 4.21 Å². The number of hydrogen-bond donors (Lipinski definition) is 0. The fraction of sp³-hybridized carbons (Fsp3) is 1.00. The van der Waals surface area contributed by atoms with E-state index in [4.69, 9.17) is 0 Å². The summed E-state index contributed by atoms with van der Waals surface area (Å²) in [6, 6.07) is 0. The number of hydrogen-bond acceptors (Lipinski definition) is 3. The highest BCUT2D eigenvalue weighted by Crippen LogP contribution is 1.92. The zero-order valence-corrected chi connectivity index (χ0v) is 4.20. The molecular weight excluding hydrogens is 98.1 g/mol. The van der Waals surface area contributed by atoms with Crippen LogP contribution < -0.4 is 0 Å². The van der Waals surface area contributed by atoms with Crippen molar-refractivity contribution in [1.29, 1.82) is 0 Å². The Bertz CT molecular complexity index is 114. The summed E-state index contributed by atoms with van der Waals surface area (Å²) in [5.74, 6) is 0.792. The van der Waals surface area contributed by atoms with E-state index in [0.717, 1.165) is 18.7 Å². The average molecular weight is 104 g/mol. The van der Waals surface area contributed by atoms with Gasteiger partial charge in [0, 0.05) is 6.54 Å². The zero-order valence-electron chi connectivity index (χ0n) is 3.39. The molecule has 1 aliphatic rings. The van der Waals surface area contributed by atoms with Gasteiger partial charge in [-0.15, -0.1) is 0 Å². The van der Waals surface area contributed by atoms with Crippen molar-refractivity contribution in [2.75, 3.05) is 12.3 Å². The van der Waals surface area contributed by atoms with Gasteiger partial charge in [0.25, 0.3) is 0 Å². The molecule has 0 aromatic carbocycles. The summed E-state index contributed by atoms with van der Waals surface area (Å²) in [5, 5.41) is 0. The molecule has 0 fully saturated rings. The van der Waals surface area contributed by atoms with Crippen molar-refractivity contribution in [2.24, 2.45) is 4.36 Å². The molecule has 0 saturated heterocycles. The van der Waals surface area contributed by atoms with Crippen LogP contribution in [-0.4, -0.2) is 12.3 Å². The lowest BCUT2D eigenvalue weighted by molar-refractivity contribution is 0.601. The minimum atomic E-state index is -0.798. The van der Waals surface area contributed by atoms with E-state index in [1.807, 2.05) is 0 Å². The second-order valence-electron chi connectivity index (χ2n) is 1.23. The molecule has 0 saturated carbocycles. The first kappa shape index (κ1) is 4.12. The van der Waals surface area contributed by atoms with E-state index < -0.39 is 10.6 Å². The fourth-order valence-corrected chi connectivity index (χ4v) is 1.26. The summed E-state index contributed by atoms with van der Waals surface area (Å²) >= 11 is 0. The largest absolute Gasteiger partial charge is 0.444 e. The first-order valence-electron chi connectivity index (χ1n) is 1.95. The summed E-state index contributed by atoms with van der Waals surface area (Å²) in [5.41, 5.74) is 0. The van der Waals surface area contributed by atoms with Gasteiger partial charge in [-0.2, -0.15) is 10.6 Å². The van der Waals surface area contributed by atoms with E-state index in [1.54, 1.807) is 0 Å². The van der Waals surface area contributed by atoms with Crippen molar-refractivity contribution in [3.8, 4) is 0 Å². The van der Waals surface area contributed by atoms with Crippen molar-refractivity contribution >= 4 is 10.6 Å². The van der Waals surface area contributed by atoms with E-state index in [1.165, 1.54) is 0 Å². The third-order valence-electron chi connectivity index (χ3n) is 0.712. The Morgan fingerprint density at radius 2 is 2.50 bits per heavy atom. The summed E-state index contributed by atoms with van der Waals surface area (Å²) in [6.07, 6.45) is 1.02. The highest BCUT2D eigenvalue weighted by molar-refractivity contribution is 7.74. The van der Waals surface area contributed by atoms with Gasteiger partial charge in [-0.3, -0.25) is 0 Å². The van der Waals surface area contributed by atoms with Crippen LogP contribution in [0.2, 0.25) is 0 Å². The molecule has 36 valence electrons. The van der Waals surface area contributed by atoms with E-state index in [9.17, 15) is 4.21 Å². The highest BCUT2D eigenvalue weighted by Gasteiger charge is 1.82. The van der Waals surface area contributed by atoms with Crippen molar-refractivity contribution in [3.05, 3.63) is 0 Å². The molecule has 0 spiro atoms. The second kappa shape index (κ2) is 1.60. The SMILES string of the molecule is O=[S-]1=NCCC1. The van der Waals surface area contributed by atoms with E-state index in [-0.39, 0.29) is 0 Å². The molecule has 0 aliphatic carbocycles. The molecule has 1 heterocycles. The Morgan fingerprint density at radius 1 is 1.67 bits per heavy atom. The Balaban J connectivity index is 2.68. The van der Waals surface area contributed by atoms with Crippen LogP contribution in [0.15, 0.2) is 4.36 Å². The molecule has 2 nitrogen and oxygen atoms in total. The van der Waals surface area contributed by atoms with Gasteiger partial charge in [0.15, 0.2) is 0 Å². The van der Waals surface area contributed by atoms with Gasteiger partial charge in [0.2, 0.25) is 0 Å². The maximum absolute atomic E-state index is 10.2. The van der Waals surface area contributed by atoms with Crippen LogP contribution in [0.1, 0.15) is 6.42 Å². The zero-order chi connectivity index (χ0) is 4.41. The topological polar surface area (TPSA) is 29.4 Å². The van der Waals surface area contributed by atoms with E-state index in [2.05, 4.69) is 4.36 Å². The molecule has 0 bridgehead atoms. The van der Waals surface area contributed by atoms with E-state index >= 15 is 0 Å². The van der Waals surface area contributed by atoms with Gasteiger partial charge in [-0.05, 0) is 0 Å². The Morgan fingerprint density at radius 3 is 2.67 bits per heavy atom. The molecule has 0 atom stereocenters. The van der Waals surface area contributed by atoms with Crippen LogP contribution in [0.5, 0.6) is 0 Å². The van der Waals surface area contributed by atoms with Gasteiger partial charge in [-0.25, -0.2) is 0 Å². The minimum Gasteiger partial charge on any atom is -0.444 e. The first-order valence-corrected chi connectivity index (χ1v) is 3.23. The molecule has 0 aromatic rings. The molecule has 0 radical (unpaired) electrons. The normalized spacial score (nSPS) is 24.0. The molecule has 0 amide bonds. The monoisotopic (exact) mass is 104 g/mol. The summed E-state index contributed by atoms with van der Waals surface area (Å²) in [7, 11) is -0.798. The number of rotatable bonds is 0. The predicted molar refractivity (Wildman–Crippen MR) is 24.8 cm³/mol. The van der Waals surface area contributed by atoms with Crippen LogP contribution in [0.25, 0.3) is 0 Å². The van der Waals surface area contributed by atoms with Gasteiger partial charge >= 0.3 is 0 Å². The van der Waals surface area contributed by atoms with Crippen LogP contribution in [0.3, 0.4) is 0 Å². The van der Waals surface area contributed by atoms with E-state index in [0.29, 0.717) is 0 Å². The first-order chi connectivity index (χ1) is 2.89. The van der Waals surface area contributed by atoms with Crippen LogP contribution in [-0.2, 0) is 14.8 Å². The summed E-state index contributed by atoms with van der Waals surface area (Å²) in [4.78, 5) is 0. The Hall–Kier alpha value is -0.0500. The number of nitrogens with zero attached hydrogens (tertiary/aromatic N) is 1. The standard InChI is InChI=1S/C3H6NOS/c5-6-3-1-2-4-6/h1-3H2/q-1. The third kappa shape index (κ3) is 0.712. The summed E-state index contributed by atoms with van der Waals surface area (Å²) in [6.45, 7) is 0.812. The summed E-state index contributed by atoms with van der Waals surface area (Å²) < 4.78 is 13.9. The molecule has 0 N–H and O–H groups in total. The molecular formula is C3H6NOS-. The van der Waals surface area contributed by atoms with Crippen LogP contribution in [0.4, 0.5) is 0 Å². The lowest BCUT2D eigenvalue weighted by Gasteiger charge is -1.80. The van der Waals surface area contributed by atoms with Gasteiger partial charge < -0.3 is 8.57 Å². The molecule has 1 aliphatic heterocycles. The van der Waals surface area contributed by atoms with Crippen molar-refractivity contribution in [3.63, 3.8) is 0 Å². The quantitative estimate of drug-likeness (QED) is 0.412. The lowest BCUT2D eigenvalue weighted by atomic mass is 10.5. The van der Waals surface area contributed by atoms with Gasteiger partial charge in [-0.1, -0.05) is 12.2 Å². The fourth-order valence-electron chi connectivity index (χ4n) is 0.419. The van der Waals surface area contributed by atoms with Gasteiger partial charge in [0.05, 0.1) is 0 Å². The molecule has 6 heavy (non-hydrogen) atoms. The second-order valence-corrected chi connectivity index (χ2v) is 2.54. The molecule has 0 aromatic heterocycles. The maximum atomic E-state index is 10.2. The van der Waals surface area contributed by atoms with Crippen LogP contribution >= 0.6 is 0 Å². The molecule has 0 unspecified atom stereocenters. The van der Waals surface area contributed by atoms with Crippen molar-refractivity contribution in [1.82, 2.24) is 0 Å². The Kier molecular flexibility index (Phi) is 1.10. The highest BCUT2D eigenvalue weighted by atomic mass is 32.2. The smallest absolute Gasteiger partial charge is 0.0107 e. The minimum absolute atomic E-state index is 0.792. The molecule has 1 rings (SSSR count). The Labute approximate surface area is 38.8 Å². The van der Waals surface area contributed by atoms with Crippen LogP contribution in [0, 0.1) is 0 Å². The predicted octanol–water partition coefficient (Wildman–Crippen LogP) is 0.538. The molecule has 3 heteroatoms. The lowest BCUT2D eigenvalue weighted by Crippen LogP contribution is -1.73. The van der Waals surface area contributed by atoms with Gasteiger partial charge in [0.1, 0.15) is 0 Å². The average Bonchev–Trinajstić information content (AvgIpc) is 1.86. The maximum Gasteiger partial charge on any atom is 0.0107 e. The van der Waals surface area contributed by atoms with Crippen molar-refractivity contribution in [2.45, 2.75) is 6.42 Å².